The fourth-order valence-corrected chi connectivity index (χ4v) is 2.41. The summed E-state index contributed by atoms with van der Waals surface area (Å²) in [5.74, 6) is 0.0955. The molecule has 0 aliphatic carbocycles. The molecule has 1 aromatic carbocycles. The van der Waals surface area contributed by atoms with E-state index < -0.39 is 5.63 Å². The van der Waals surface area contributed by atoms with Gasteiger partial charge in [-0.15, -0.1) is 0 Å². The SMILES string of the molecule is CCc1cc(=O)oc2c(C)c(O)c(-c3ccn[nH]3)cc12. The van der Waals surface area contributed by atoms with E-state index in [-0.39, 0.29) is 5.75 Å². The van der Waals surface area contributed by atoms with Gasteiger partial charge in [0.05, 0.1) is 5.69 Å². The Kier molecular flexibility index (Phi) is 2.82. The van der Waals surface area contributed by atoms with Gasteiger partial charge in [-0.2, -0.15) is 5.10 Å². The molecule has 0 radical (unpaired) electrons. The minimum atomic E-state index is -0.397. The summed E-state index contributed by atoms with van der Waals surface area (Å²) in [6, 6.07) is 5.10. The molecule has 0 spiro atoms. The predicted octanol–water partition coefficient (Wildman–Crippen LogP) is 2.76. The Morgan fingerprint density at radius 3 is 2.85 bits per heavy atom. The number of nitrogens with one attached hydrogen (secondary N) is 1. The van der Waals surface area contributed by atoms with Crippen LogP contribution in [-0.4, -0.2) is 15.3 Å². The first-order valence-electron chi connectivity index (χ1n) is 6.41. The number of aryl methyl sites for hydroxylation is 2. The molecule has 0 aliphatic rings. The molecule has 2 heterocycles. The van der Waals surface area contributed by atoms with E-state index in [0.29, 0.717) is 23.1 Å². The molecular formula is C15H14N2O3. The third-order valence-corrected chi connectivity index (χ3v) is 3.50. The van der Waals surface area contributed by atoms with Crippen LogP contribution < -0.4 is 5.63 Å². The molecule has 0 saturated heterocycles. The number of hydrogen-bond acceptors (Lipinski definition) is 4. The molecule has 0 fully saturated rings. The summed E-state index contributed by atoms with van der Waals surface area (Å²) in [6.07, 6.45) is 2.34. The Labute approximate surface area is 114 Å². The van der Waals surface area contributed by atoms with Crippen LogP contribution in [0.3, 0.4) is 0 Å². The van der Waals surface area contributed by atoms with E-state index in [1.54, 1.807) is 19.2 Å². The molecule has 0 unspecified atom stereocenters. The van der Waals surface area contributed by atoms with Gasteiger partial charge >= 0.3 is 5.63 Å². The molecule has 5 nitrogen and oxygen atoms in total. The second kappa shape index (κ2) is 4.52. The van der Waals surface area contributed by atoms with Gasteiger partial charge in [0, 0.05) is 28.8 Å². The number of phenolic OH excluding ortho intramolecular Hbond substituents is 1. The van der Waals surface area contributed by atoms with Crippen LogP contribution in [-0.2, 0) is 6.42 Å². The number of benzene rings is 1. The Morgan fingerprint density at radius 1 is 1.40 bits per heavy atom. The molecule has 2 N–H and O–H groups in total. The van der Waals surface area contributed by atoms with Gasteiger partial charge in [0.25, 0.3) is 0 Å². The highest BCUT2D eigenvalue weighted by molar-refractivity contribution is 5.91. The molecule has 0 saturated carbocycles. The van der Waals surface area contributed by atoms with Crippen molar-refractivity contribution < 1.29 is 9.52 Å². The number of rotatable bonds is 2. The molecule has 5 heteroatoms. The van der Waals surface area contributed by atoms with E-state index in [1.807, 2.05) is 13.0 Å². The van der Waals surface area contributed by atoms with Crippen LogP contribution in [0.4, 0.5) is 0 Å². The van der Waals surface area contributed by atoms with E-state index in [1.165, 1.54) is 6.07 Å². The molecule has 0 atom stereocenters. The van der Waals surface area contributed by atoms with Crippen molar-refractivity contribution in [3.8, 4) is 17.0 Å². The highest BCUT2D eigenvalue weighted by Gasteiger charge is 2.16. The topological polar surface area (TPSA) is 79.1 Å². The van der Waals surface area contributed by atoms with Gasteiger partial charge in [0.15, 0.2) is 0 Å². The number of aromatic hydroxyl groups is 1. The highest BCUT2D eigenvalue weighted by Crippen LogP contribution is 2.37. The largest absolute Gasteiger partial charge is 0.507 e. The lowest BCUT2D eigenvalue weighted by atomic mass is 9.99. The molecule has 2 aromatic heterocycles. The van der Waals surface area contributed by atoms with Crippen LogP contribution in [0.15, 0.2) is 33.6 Å². The number of nitrogens with zero attached hydrogens (tertiary/aromatic N) is 1. The summed E-state index contributed by atoms with van der Waals surface area (Å²) < 4.78 is 5.25. The molecule has 0 aliphatic heterocycles. The van der Waals surface area contributed by atoms with E-state index in [0.717, 1.165) is 16.6 Å². The van der Waals surface area contributed by atoms with Crippen molar-refractivity contribution in [1.29, 1.82) is 0 Å². The van der Waals surface area contributed by atoms with Crippen molar-refractivity contribution in [3.05, 3.63) is 45.9 Å². The lowest BCUT2D eigenvalue weighted by Gasteiger charge is -2.11. The molecule has 0 amide bonds. The summed E-state index contributed by atoms with van der Waals surface area (Å²) in [7, 11) is 0. The fraction of sp³-hybridized carbons (Fsp3) is 0.200. The molecule has 0 bridgehead atoms. The number of fused-ring (bicyclic) bond motifs is 1. The van der Waals surface area contributed by atoms with Crippen LogP contribution in [0, 0.1) is 6.92 Å². The summed E-state index contributed by atoms with van der Waals surface area (Å²) in [4.78, 5) is 11.6. The van der Waals surface area contributed by atoms with Crippen molar-refractivity contribution in [2.45, 2.75) is 20.3 Å². The summed E-state index contributed by atoms with van der Waals surface area (Å²) >= 11 is 0. The smallest absolute Gasteiger partial charge is 0.336 e. The third-order valence-electron chi connectivity index (χ3n) is 3.50. The average Bonchev–Trinajstić information content (AvgIpc) is 2.96. The summed E-state index contributed by atoms with van der Waals surface area (Å²) in [6.45, 7) is 3.71. The Balaban J connectivity index is 2.44. The minimum Gasteiger partial charge on any atom is -0.507 e. The summed E-state index contributed by atoms with van der Waals surface area (Å²) in [5.41, 5.74) is 2.87. The Hall–Kier alpha value is -2.56. The number of H-pyrrole nitrogens is 1. The van der Waals surface area contributed by atoms with Gasteiger partial charge in [-0.25, -0.2) is 4.79 Å². The zero-order chi connectivity index (χ0) is 14.3. The molecule has 20 heavy (non-hydrogen) atoms. The van der Waals surface area contributed by atoms with Crippen molar-refractivity contribution in [2.75, 3.05) is 0 Å². The zero-order valence-corrected chi connectivity index (χ0v) is 11.2. The van der Waals surface area contributed by atoms with Crippen molar-refractivity contribution in [1.82, 2.24) is 10.2 Å². The Morgan fingerprint density at radius 2 is 2.20 bits per heavy atom. The number of aromatic nitrogens is 2. The molecule has 102 valence electrons. The quantitative estimate of drug-likeness (QED) is 0.702. The first-order valence-corrected chi connectivity index (χ1v) is 6.41. The maximum Gasteiger partial charge on any atom is 0.336 e. The maximum atomic E-state index is 11.6. The maximum absolute atomic E-state index is 11.6. The fourth-order valence-electron chi connectivity index (χ4n) is 2.41. The van der Waals surface area contributed by atoms with Gasteiger partial charge in [-0.05, 0) is 31.0 Å². The first kappa shape index (κ1) is 12.5. The molecular weight excluding hydrogens is 256 g/mol. The van der Waals surface area contributed by atoms with Gasteiger partial charge in [0.2, 0.25) is 0 Å². The van der Waals surface area contributed by atoms with E-state index in [2.05, 4.69) is 10.2 Å². The second-order valence-corrected chi connectivity index (χ2v) is 4.69. The highest BCUT2D eigenvalue weighted by atomic mass is 16.4. The zero-order valence-electron chi connectivity index (χ0n) is 11.2. The second-order valence-electron chi connectivity index (χ2n) is 4.69. The van der Waals surface area contributed by atoms with Gasteiger partial charge < -0.3 is 9.52 Å². The number of aromatic amines is 1. The predicted molar refractivity (Wildman–Crippen MR) is 75.8 cm³/mol. The van der Waals surface area contributed by atoms with E-state index in [9.17, 15) is 9.90 Å². The van der Waals surface area contributed by atoms with Crippen molar-refractivity contribution in [3.63, 3.8) is 0 Å². The first-order chi connectivity index (χ1) is 9.61. The minimum absolute atomic E-state index is 0.0955. The van der Waals surface area contributed by atoms with Crippen LogP contribution in [0.2, 0.25) is 0 Å². The Bertz CT molecular complexity index is 832. The molecule has 3 rings (SSSR count). The monoisotopic (exact) mass is 270 g/mol. The van der Waals surface area contributed by atoms with Gasteiger partial charge in [-0.1, -0.05) is 6.92 Å². The lowest BCUT2D eigenvalue weighted by molar-refractivity contribution is 0.470. The van der Waals surface area contributed by atoms with E-state index >= 15 is 0 Å². The normalized spacial score (nSPS) is 11.1. The summed E-state index contributed by atoms with van der Waals surface area (Å²) in [5, 5.41) is 17.9. The van der Waals surface area contributed by atoms with Crippen molar-refractivity contribution in [2.24, 2.45) is 0 Å². The number of hydrogen-bond donors (Lipinski definition) is 2. The van der Waals surface area contributed by atoms with Gasteiger partial charge in [0.1, 0.15) is 11.3 Å². The molecule has 3 aromatic rings. The lowest BCUT2D eigenvalue weighted by Crippen LogP contribution is -2.01. The third kappa shape index (κ3) is 1.79. The van der Waals surface area contributed by atoms with E-state index in [4.69, 9.17) is 4.42 Å². The standard InChI is InChI=1S/C15H14N2O3/c1-3-9-6-13(18)20-15-8(2)14(19)11(7-10(9)15)12-4-5-16-17-12/h4-7,19H,3H2,1-2H3,(H,16,17). The van der Waals surface area contributed by atoms with Crippen LogP contribution >= 0.6 is 0 Å². The van der Waals surface area contributed by atoms with Crippen LogP contribution in [0.1, 0.15) is 18.1 Å². The van der Waals surface area contributed by atoms with Gasteiger partial charge in [-0.3, -0.25) is 5.10 Å². The van der Waals surface area contributed by atoms with Crippen molar-refractivity contribution >= 4 is 11.0 Å². The average molecular weight is 270 g/mol. The number of phenols is 1. The van der Waals surface area contributed by atoms with Crippen LogP contribution in [0.25, 0.3) is 22.2 Å². The van der Waals surface area contributed by atoms with Crippen LogP contribution in [0.5, 0.6) is 5.75 Å².